The Labute approximate surface area is 162 Å². The predicted molar refractivity (Wildman–Crippen MR) is 108 cm³/mol. The fraction of sp³-hybridized carbons (Fsp3) is 0.455. The van der Waals surface area contributed by atoms with Gasteiger partial charge in [-0.2, -0.15) is 4.31 Å². The normalized spacial score (nSPS) is 23.5. The van der Waals surface area contributed by atoms with Crippen molar-refractivity contribution in [1.82, 2.24) is 9.21 Å². The van der Waals surface area contributed by atoms with E-state index in [9.17, 15) is 8.42 Å². The molecule has 1 heterocycles. The molecule has 2 aliphatic rings. The monoisotopic (exact) mass is 384 g/mol. The first-order valence-corrected chi connectivity index (χ1v) is 11.2. The smallest absolute Gasteiger partial charge is 0.243 e. The van der Waals surface area contributed by atoms with Crippen molar-refractivity contribution >= 4 is 10.0 Å². The van der Waals surface area contributed by atoms with E-state index in [0.29, 0.717) is 10.9 Å². The first-order chi connectivity index (χ1) is 12.9. The van der Waals surface area contributed by atoms with E-state index in [0.717, 1.165) is 44.3 Å². The van der Waals surface area contributed by atoms with Crippen LogP contribution in [0.5, 0.6) is 0 Å². The topological polar surface area (TPSA) is 40.6 Å². The lowest BCUT2D eigenvalue weighted by Gasteiger charge is -2.34. The van der Waals surface area contributed by atoms with Gasteiger partial charge in [-0.05, 0) is 61.4 Å². The Morgan fingerprint density at radius 1 is 1.04 bits per heavy atom. The molecule has 4 nitrogen and oxygen atoms in total. The lowest BCUT2D eigenvalue weighted by Crippen LogP contribution is -2.40. The van der Waals surface area contributed by atoms with Crippen LogP contribution in [-0.4, -0.2) is 43.3 Å². The van der Waals surface area contributed by atoms with Crippen molar-refractivity contribution in [3.05, 3.63) is 65.2 Å². The van der Waals surface area contributed by atoms with Gasteiger partial charge in [0.25, 0.3) is 0 Å². The van der Waals surface area contributed by atoms with Gasteiger partial charge >= 0.3 is 0 Å². The molecule has 0 radical (unpaired) electrons. The summed E-state index contributed by atoms with van der Waals surface area (Å²) >= 11 is 0. The van der Waals surface area contributed by atoms with Crippen molar-refractivity contribution < 1.29 is 8.42 Å². The zero-order valence-corrected chi connectivity index (χ0v) is 17.0. The van der Waals surface area contributed by atoms with Crippen molar-refractivity contribution in [1.29, 1.82) is 0 Å². The lowest BCUT2D eigenvalue weighted by molar-refractivity contribution is 0.175. The van der Waals surface area contributed by atoms with Crippen LogP contribution in [0.1, 0.15) is 36.0 Å². The number of fused-ring (bicyclic) bond motifs is 1. The van der Waals surface area contributed by atoms with E-state index < -0.39 is 10.0 Å². The van der Waals surface area contributed by atoms with Crippen molar-refractivity contribution in [2.45, 2.75) is 56.1 Å². The fourth-order valence-corrected chi connectivity index (χ4v) is 6.07. The third-order valence-electron chi connectivity index (χ3n) is 6.23. The zero-order chi connectivity index (χ0) is 19.0. The average molecular weight is 385 g/mol. The van der Waals surface area contributed by atoms with Crippen molar-refractivity contribution in [2.24, 2.45) is 0 Å². The number of hydrogen-bond donors (Lipinski definition) is 0. The summed E-state index contributed by atoms with van der Waals surface area (Å²) in [6.07, 6.45) is 4.02. The highest BCUT2D eigenvalue weighted by Gasteiger charge is 2.37. The molecule has 1 saturated carbocycles. The summed E-state index contributed by atoms with van der Waals surface area (Å²) in [7, 11) is -1.69. The maximum absolute atomic E-state index is 13.0. The van der Waals surface area contributed by atoms with E-state index >= 15 is 0 Å². The average Bonchev–Trinajstić information content (AvgIpc) is 3.17. The lowest BCUT2D eigenvalue weighted by atomic mass is 9.98. The number of rotatable bonds is 4. The van der Waals surface area contributed by atoms with Gasteiger partial charge in [-0.25, -0.2) is 8.42 Å². The van der Waals surface area contributed by atoms with Crippen LogP contribution < -0.4 is 0 Å². The molecule has 0 spiro atoms. The van der Waals surface area contributed by atoms with Gasteiger partial charge in [0.2, 0.25) is 10.0 Å². The zero-order valence-electron chi connectivity index (χ0n) is 16.1. The van der Waals surface area contributed by atoms with Crippen molar-refractivity contribution in [3.63, 3.8) is 0 Å². The Morgan fingerprint density at radius 3 is 2.59 bits per heavy atom. The summed E-state index contributed by atoms with van der Waals surface area (Å²) in [5.74, 6) is 0. The van der Waals surface area contributed by atoms with Gasteiger partial charge in [0.1, 0.15) is 0 Å². The third kappa shape index (κ3) is 3.68. The minimum atomic E-state index is -3.43. The molecule has 1 aliphatic heterocycles. The molecule has 144 valence electrons. The number of aryl methyl sites for hydroxylation is 1. The molecule has 4 rings (SSSR count). The van der Waals surface area contributed by atoms with Crippen molar-refractivity contribution in [2.75, 3.05) is 13.6 Å². The van der Waals surface area contributed by atoms with E-state index in [4.69, 9.17) is 0 Å². The minimum Gasteiger partial charge on any atom is -0.296 e. The molecule has 0 bridgehead atoms. The Balaban J connectivity index is 1.45. The van der Waals surface area contributed by atoms with Gasteiger partial charge in [-0.1, -0.05) is 36.4 Å². The maximum Gasteiger partial charge on any atom is 0.243 e. The molecule has 0 N–H and O–H groups in total. The molecule has 0 aromatic heterocycles. The number of nitrogens with zero attached hydrogens (tertiary/aromatic N) is 2. The summed E-state index contributed by atoms with van der Waals surface area (Å²) in [5, 5.41) is 0. The number of sulfonamides is 1. The Kier molecular flexibility index (Phi) is 5.10. The molecule has 5 heteroatoms. The molecular weight excluding hydrogens is 356 g/mol. The molecule has 1 unspecified atom stereocenters. The predicted octanol–water partition coefficient (Wildman–Crippen LogP) is 3.59. The van der Waals surface area contributed by atoms with Gasteiger partial charge in [0.05, 0.1) is 4.90 Å². The second-order valence-electron chi connectivity index (χ2n) is 7.95. The maximum atomic E-state index is 13.0. The van der Waals surface area contributed by atoms with Gasteiger partial charge in [0, 0.05) is 32.2 Å². The molecule has 2 aromatic carbocycles. The van der Waals surface area contributed by atoms with Crippen molar-refractivity contribution in [3.8, 4) is 0 Å². The standard InChI is InChI=1S/C22H28N2O2S/c1-17-6-5-9-22(14-17)27(25,26)23(2)20-10-11-21(15-20)24-13-12-18-7-3-4-8-19(18)16-24/h3-9,14,20-21H,10-13,15-16H2,1-2H3/t20-,21?/m0/s1. The second kappa shape index (κ2) is 7.38. The van der Waals surface area contributed by atoms with Crippen LogP contribution in [0, 0.1) is 6.92 Å². The second-order valence-corrected chi connectivity index (χ2v) is 9.95. The van der Waals surface area contributed by atoms with Gasteiger partial charge in [-0.3, -0.25) is 4.90 Å². The van der Waals surface area contributed by atoms with E-state index in [1.807, 2.05) is 19.1 Å². The summed E-state index contributed by atoms with van der Waals surface area (Å²) in [6, 6.07) is 16.4. The molecular formula is C22H28N2O2S. The Bertz CT molecular complexity index is 925. The minimum absolute atomic E-state index is 0.0812. The molecule has 27 heavy (non-hydrogen) atoms. The van der Waals surface area contributed by atoms with Crippen LogP contribution in [0.15, 0.2) is 53.4 Å². The van der Waals surface area contributed by atoms with Gasteiger partial charge in [-0.15, -0.1) is 0 Å². The van der Waals surface area contributed by atoms with Crippen LogP contribution in [0.3, 0.4) is 0 Å². The Morgan fingerprint density at radius 2 is 1.81 bits per heavy atom. The van der Waals surface area contributed by atoms with Crippen LogP contribution in [0.4, 0.5) is 0 Å². The summed E-state index contributed by atoms with van der Waals surface area (Å²) < 4.78 is 27.7. The first-order valence-electron chi connectivity index (χ1n) is 9.80. The molecule has 2 atom stereocenters. The van der Waals surface area contributed by atoms with Gasteiger partial charge < -0.3 is 0 Å². The highest BCUT2D eigenvalue weighted by molar-refractivity contribution is 7.89. The molecule has 1 aliphatic carbocycles. The molecule has 2 aromatic rings. The summed E-state index contributed by atoms with van der Waals surface area (Å²) in [5.41, 5.74) is 3.86. The van der Waals surface area contributed by atoms with Gasteiger partial charge in [0.15, 0.2) is 0 Å². The molecule has 0 saturated heterocycles. The van der Waals surface area contributed by atoms with Crippen LogP contribution in [0.25, 0.3) is 0 Å². The summed E-state index contributed by atoms with van der Waals surface area (Å²) in [4.78, 5) is 2.95. The first kappa shape index (κ1) is 18.7. The van der Waals surface area contributed by atoms with E-state index in [1.54, 1.807) is 23.5 Å². The van der Waals surface area contributed by atoms with E-state index in [1.165, 1.54) is 11.1 Å². The van der Waals surface area contributed by atoms with Crippen LogP contribution in [-0.2, 0) is 23.0 Å². The third-order valence-corrected chi connectivity index (χ3v) is 8.14. The molecule has 0 amide bonds. The van der Waals surface area contributed by atoms with Crippen LogP contribution in [0.2, 0.25) is 0 Å². The fourth-order valence-electron chi connectivity index (χ4n) is 4.56. The Hall–Kier alpha value is -1.69. The highest BCUT2D eigenvalue weighted by atomic mass is 32.2. The SMILES string of the molecule is Cc1cccc(S(=O)(=O)N(C)[C@H]2CCC(N3CCc4ccccc4C3)C2)c1. The van der Waals surface area contributed by atoms with E-state index in [-0.39, 0.29) is 6.04 Å². The quantitative estimate of drug-likeness (QED) is 0.809. The summed E-state index contributed by atoms with van der Waals surface area (Å²) in [6.45, 7) is 3.99. The largest absolute Gasteiger partial charge is 0.296 e. The van der Waals surface area contributed by atoms with Crippen LogP contribution >= 0.6 is 0 Å². The number of hydrogen-bond acceptors (Lipinski definition) is 3. The van der Waals surface area contributed by atoms with E-state index in [2.05, 4.69) is 29.2 Å². The number of benzene rings is 2. The highest BCUT2D eigenvalue weighted by Crippen LogP contribution is 2.33. The molecule has 1 fully saturated rings.